The van der Waals surface area contributed by atoms with Gasteiger partial charge in [-0.1, -0.05) is 24.3 Å². The molecular formula is C23H33IN6OS. The third kappa shape index (κ3) is 8.16. The number of carbonyl (C=O) groups excluding carboxylic acids is 1. The maximum atomic E-state index is 11.4. The second kappa shape index (κ2) is 14.2. The van der Waals surface area contributed by atoms with Gasteiger partial charge >= 0.3 is 0 Å². The van der Waals surface area contributed by atoms with Crippen molar-refractivity contribution in [2.24, 2.45) is 16.6 Å². The Morgan fingerprint density at radius 1 is 1.19 bits per heavy atom. The number of aromatic nitrogens is 1. The van der Waals surface area contributed by atoms with E-state index in [1.54, 1.807) is 0 Å². The lowest BCUT2D eigenvalue weighted by Crippen LogP contribution is -2.39. The van der Waals surface area contributed by atoms with Gasteiger partial charge in [-0.15, -0.1) is 35.7 Å². The Labute approximate surface area is 212 Å². The van der Waals surface area contributed by atoms with Gasteiger partial charge in [-0.25, -0.2) is 9.98 Å². The van der Waals surface area contributed by atoms with Gasteiger partial charge in [-0.05, 0) is 38.0 Å². The van der Waals surface area contributed by atoms with Crippen LogP contribution in [0.4, 0.5) is 5.82 Å². The van der Waals surface area contributed by atoms with Gasteiger partial charge in [0.15, 0.2) is 5.96 Å². The monoisotopic (exact) mass is 568 g/mol. The van der Waals surface area contributed by atoms with E-state index in [9.17, 15) is 4.79 Å². The summed E-state index contributed by atoms with van der Waals surface area (Å²) in [6.07, 6.45) is 3.36. The normalized spacial score (nSPS) is 14.5. The van der Waals surface area contributed by atoms with Crippen LogP contribution >= 0.6 is 35.7 Å². The third-order valence-electron chi connectivity index (χ3n) is 5.22. The zero-order valence-electron chi connectivity index (χ0n) is 18.5. The Hall–Kier alpha value is -2.01. The van der Waals surface area contributed by atoms with E-state index in [-0.39, 0.29) is 35.8 Å². The molecular weight excluding hydrogens is 535 g/mol. The first-order chi connectivity index (χ1) is 15.2. The number of nitrogens with two attached hydrogens (primary N) is 1. The Morgan fingerprint density at radius 3 is 2.62 bits per heavy atom. The number of benzene rings is 1. The minimum atomic E-state index is -0.197. The van der Waals surface area contributed by atoms with E-state index in [1.165, 1.54) is 4.90 Å². The smallest absolute Gasteiger partial charge is 0.220 e. The molecule has 2 heterocycles. The molecule has 0 spiro atoms. The number of nitrogens with one attached hydrogen (secondary N) is 2. The number of nitrogens with zero attached hydrogens (tertiary/aromatic N) is 3. The number of amides is 1. The van der Waals surface area contributed by atoms with Gasteiger partial charge in [0.25, 0.3) is 0 Å². The number of rotatable bonds is 9. The highest BCUT2D eigenvalue weighted by atomic mass is 127. The van der Waals surface area contributed by atoms with Crippen LogP contribution in [0.25, 0.3) is 0 Å². The summed E-state index contributed by atoms with van der Waals surface area (Å²) in [6, 6.07) is 14.4. The fraction of sp³-hybridized carbons (Fsp3) is 0.435. The molecule has 7 nitrogen and oxygen atoms in total. The second-order valence-electron chi connectivity index (χ2n) is 7.43. The number of carbonyl (C=O) groups is 1. The Bertz CT molecular complexity index is 859. The average molecular weight is 569 g/mol. The van der Waals surface area contributed by atoms with E-state index in [1.807, 2.05) is 30.1 Å². The summed E-state index contributed by atoms with van der Waals surface area (Å²) in [5, 5.41) is 6.72. The summed E-state index contributed by atoms with van der Waals surface area (Å²) in [5.41, 5.74) is 6.55. The van der Waals surface area contributed by atoms with Crippen LogP contribution in [-0.4, -0.2) is 48.8 Å². The fourth-order valence-corrected chi connectivity index (χ4v) is 4.36. The van der Waals surface area contributed by atoms with Crippen LogP contribution in [0.1, 0.15) is 25.3 Å². The molecule has 3 rings (SSSR count). The van der Waals surface area contributed by atoms with E-state index in [0.717, 1.165) is 62.1 Å². The van der Waals surface area contributed by atoms with Gasteiger partial charge < -0.3 is 21.3 Å². The molecule has 0 radical (unpaired) electrons. The van der Waals surface area contributed by atoms with Crippen LogP contribution in [0.2, 0.25) is 0 Å². The molecule has 0 bridgehead atoms. The number of pyridine rings is 1. The summed E-state index contributed by atoms with van der Waals surface area (Å²) >= 11 is 1.82. The fourth-order valence-electron chi connectivity index (χ4n) is 3.58. The Balaban J connectivity index is 0.00000363. The van der Waals surface area contributed by atoms with Crippen molar-refractivity contribution in [2.45, 2.75) is 31.2 Å². The van der Waals surface area contributed by atoms with Crippen molar-refractivity contribution in [3.63, 3.8) is 0 Å². The van der Waals surface area contributed by atoms with Gasteiger partial charge in [0.1, 0.15) is 5.82 Å². The summed E-state index contributed by atoms with van der Waals surface area (Å²) in [7, 11) is 0. The Kier molecular flexibility index (Phi) is 11.6. The Morgan fingerprint density at radius 2 is 1.94 bits per heavy atom. The molecule has 1 aliphatic rings. The second-order valence-corrected chi connectivity index (χ2v) is 8.60. The number of thioether (sulfide) groups is 1. The van der Waals surface area contributed by atoms with E-state index in [0.29, 0.717) is 6.54 Å². The zero-order valence-corrected chi connectivity index (χ0v) is 21.6. The highest BCUT2D eigenvalue weighted by molar-refractivity contribution is 14.0. The minimum absolute atomic E-state index is 0. The lowest BCUT2D eigenvalue weighted by molar-refractivity contribution is -0.122. The van der Waals surface area contributed by atoms with Crippen molar-refractivity contribution in [1.29, 1.82) is 0 Å². The molecule has 0 saturated carbocycles. The third-order valence-corrected chi connectivity index (χ3v) is 6.24. The molecule has 1 aromatic carbocycles. The molecule has 0 unspecified atom stereocenters. The number of piperidine rings is 1. The largest absolute Gasteiger partial charge is 0.369 e. The number of halogens is 1. The van der Waals surface area contributed by atoms with E-state index < -0.39 is 0 Å². The maximum absolute atomic E-state index is 11.4. The van der Waals surface area contributed by atoms with Crippen LogP contribution in [0, 0.1) is 5.92 Å². The molecule has 1 saturated heterocycles. The van der Waals surface area contributed by atoms with Crippen molar-refractivity contribution in [3.05, 3.63) is 54.2 Å². The summed E-state index contributed by atoms with van der Waals surface area (Å²) in [4.78, 5) is 24.3. The number of aliphatic imine (C=N–C) groups is 1. The lowest BCUT2D eigenvalue weighted by Gasteiger charge is -2.32. The summed E-state index contributed by atoms with van der Waals surface area (Å²) in [5.74, 6) is 2.49. The molecule has 4 N–H and O–H groups in total. The van der Waals surface area contributed by atoms with Crippen LogP contribution in [0.5, 0.6) is 0 Å². The molecule has 1 fully saturated rings. The first-order valence-electron chi connectivity index (χ1n) is 10.9. The van der Waals surface area contributed by atoms with Crippen molar-refractivity contribution < 1.29 is 4.79 Å². The topological polar surface area (TPSA) is 95.6 Å². The predicted molar refractivity (Wildman–Crippen MR) is 144 cm³/mol. The standard InChI is InChI=1S/C23H32N6OS.HI/c1-2-25-23(27-13-16-31-20-8-4-3-5-9-20)28-17-19-7-6-12-26-22(19)29-14-10-18(11-15-29)21(24)30;/h3-9,12,18H,2,10-11,13-17H2,1H3,(H2,24,30)(H2,25,27,28);1H. The van der Waals surface area contributed by atoms with Gasteiger partial charge in [-0.2, -0.15) is 0 Å². The van der Waals surface area contributed by atoms with Crippen molar-refractivity contribution in [1.82, 2.24) is 15.6 Å². The molecule has 32 heavy (non-hydrogen) atoms. The van der Waals surface area contributed by atoms with Crippen LogP contribution in [0.3, 0.4) is 0 Å². The van der Waals surface area contributed by atoms with E-state index >= 15 is 0 Å². The molecule has 1 amide bonds. The summed E-state index contributed by atoms with van der Waals surface area (Å²) < 4.78 is 0. The first kappa shape index (κ1) is 26.2. The quantitative estimate of drug-likeness (QED) is 0.141. The molecule has 2 aromatic rings. The zero-order chi connectivity index (χ0) is 21.9. The van der Waals surface area contributed by atoms with Crippen molar-refractivity contribution in [2.75, 3.05) is 36.8 Å². The van der Waals surface area contributed by atoms with Gasteiger partial charge in [0.2, 0.25) is 5.91 Å². The molecule has 174 valence electrons. The average Bonchev–Trinajstić information content (AvgIpc) is 2.81. The minimum Gasteiger partial charge on any atom is -0.369 e. The van der Waals surface area contributed by atoms with E-state index in [2.05, 4.69) is 57.8 Å². The first-order valence-corrected chi connectivity index (χ1v) is 11.8. The van der Waals surface area contributed by atoms with Crippen LogP contribution < -0.4 is 21.3 Å². The number of hydrogen-bond donors (Lipinski definition) is 3. The highest BCUT2D eigenvalue weighted by Crippen LogP contribution is 2.25. The molecule has 1 aromatic heterocycles. The van der Waals surface area contributed by atoms with Crippen LogP contribution in [0.15, 0.2) is 58.5 Å². The molecule has 1 aliphatic heterocycles. The number of hydrogen-bond acceptors (Lipinski definition) is 5. The summed E-state index contributed by atoms with van der Waals surface area (Å²) in [6.45, 7) is 5.81. The van der Waals surface area contributed by atoms with Gasteiger partial charge in [0, 0.05) is 54.5 Å². The van der Waals surface area contributed by atoms with Crippen molar-refractivity contribution >= 4 is 53.4 Å². The highest BCUT2D eigenvalue weighted by Gasteiger charge is 2.24. The van der Waals surface area contributed by atoms with Crippen molar-refractivity contribution in [3.8, 4) is 0 Å². The molecule has 0 atom stereocenters. The number of anilines is 1. The van der Waals surface area contributed by atoms with E-state index in [4.69, 9.17) is 10.7 Å². The molecule has 0 aliphatic carbocycles. The van der Waals surface area contributed by atoms with Gasteiger partial charge in [0.05, 0.1) is 6.54 Å². The predicted octanol–water partition coefficient (Wildman–Crippen LogP) is 3.25. The van der Waals surface area contributed by atoms with Crippen LogP contribution in [-0.2, 0) is 11.3 Å². The molecule has 9 heteroatoms. The number of guanidine groups is 1. The van der Waals surface area contributed by atoms with Gasteiger partial charge in [-0.3, -0.25) is 4.79 Å². The maximum Gasteiger partial charge on any atom is 0.220 e. The number of primary amides is 1. The lowest BCUT2D eigenvalue weighted by atomic mass is 9.96. The SMILES string of the molecule is CCNC(=NCc1cccnc1N1CCC(C(N)=O)CC1)NCCSc1ccccc1.I.